The Morgan fingerprint density at radius 3 is 2.80 bits per heavy atom. The Labute approximate surface area is 91.6 Å². The standard InChI is InChI=1S/C11H22N2O2/c1-4-9(11(14)15)12-10-5-6-13(3)7-8(10)2/h8-10,12H,4-7H2,1-3H3,(H,14,15). The van der Waals surface area contributed by atoms with E-state index in [1.807, 2.05) is 6.92 Å². The molecule has 0 aromatic heterocycles. The summed E-state index contributed by atoms with van der Waals surface area (Å²) in [4.78, 5) is 13.2. The first-order valence-corrected chi connectivity index (χ1v) is 5.72. The van der Waals surface area contributed by atoms with Crippen molar-refractivity contribution in [3.05, 3.63) is 0 Å². The van der Waals surface area contributed by atoms with Crippen LogP contribution in [0.5, 0.6) is 0 Å². The number of aliphatic carboxylic acids is 1. The van der Waals surface area contributed by atoms with Crippen molar-refractivity contribution in [1.29, 1.82) is 0 Å². The molecule has 3 atom stereocenters. The van der Waals surface area contributed by atoms with E-state index in [2.05, 4.69) is 24.2 Å². The molecule has 0 saturated carbocycles. The highest BCUT2D eigenvalue weighted by atomic mass is 16.4. The molecule has 2 N–H and O–H groups in total. The minimum absolute atomic E-state index is 0.349. The van der Waals surface area contributed by atoms with Crippen LogP contribution in [0.3, 0.4) is 0 Å². The van der Waals surface area contributed by atoms with Gasteiger partial charge in [-0.1, -0.05) is 13.8 Å². The molecule has 0 aromatic carbocycles. The molecule has 0 bridgehead atoms. The maximum absolute atomic E-state index is 10.9. The fourth-order valence-electron chi connectivity index (χ4n) is 2.22. The molecule has 1 aliphatic rings. The molecule has 0 aliphatic carbocycles. The van der Waals surface area contributed by atoms with E-state index >= 15 is 0 Å². The van der Waals surface area contributed by atoms with Gasteiger partial charge in [-0.3, -0.25) is 4.79 Å². The Morgan fingerprint density at radius 1 is 1.67 bits per heavy atom. The van der Waals surface area contributed by atoms with E-state index < -0.39 is 5.97 Å². The maximum atomic E-state index is 10.9. The first-order chi connectivity index (χ1) is 7.04. The van der Waals surface area contributed by atoms with Crippen molar-refractivity contribution >= 4 is 5.97 Å². The van der Waals surface area contributed by atoms with Crippen LogP contribution in [0.1, 0.15) is 26.7 Å². The third-order valence-electron chi connectivity index (χ3n) is 3.23. The Balaban J connectivity index is 2.46. The minimum atomic E-state index is -0.733. The number of carbonyl (C=O) groups is 1. The van der Waals surface area contributed by atoms with E-state index in [4.69, 9.17) is 5.11 Å². The zero-order valence-corrected chi connectivity index (χ0v) is 9.86. The van der Waals surface area contributed by atoms with Crippen LogP contribution in [0.25, 0.3) is 0 Å². The monoisotopic (exact) mass is 214 g/mol. The average molecular weight is 214 g/mol. The van der Waals surface area contributed by atoms with Gasteiger partial charge in [-0.05, 0) is 32.4 Å². The van der Waals surface area contributed by atoms with Crippen molar-refractivity contribution in [3.63, 3.8) is 0 Å². The topological polar surface area (TPSA) is 52.6 Å². The molecule has 1 fully saturated rings. The van der Waals surface area contributed by atoms with Crippen LogP contribution < -0.4 is 5.32 Å². The van der Waals surface area contributed by atoms with Crippen molar-refractivity contribution < 1.29 is 9.90 Å². The number of nitrogens with one attached hydrogen (secondary N) is 1. The molecule has 88 valence electrons. The predicted molar refractivity (Wildman–Crippen MR) is 59.9 cm³/mol. The predicted octanol–water partition coefficient (Wildman–Crippen LogP) is 0.779. The minimum Gasteiger partial charge on any atom is -0.480 e. The van der Waals surface area contributed by atoms with E-state index in [-0.39, 0.29) is 6.04 Å². The molecule has 1 saturated heterocycles. The molecule has 1 heterocycles. The van der Waals surface area contributed by atoms with Gasteiger partial charge in [0.15, 0.2) is 0 Å². The molecule has 0 radical (unpaired) electrons. The third-order valence-corrected chi connectivity index (χ3v) is 3.23. The fourth-order valence-corrected chi connectivity index (χ4v) is 2.22. The molecule has 4 nitrogen and oxygen atoms in total. The highest BCUT2D eigenvalue weighted by molar-refractivity contribution is 5.73. The van der Waals surface area contributed by atoms with Crippen LogP contribution in [0.2, 0.25) is 0 Å². The van der Waals surface area contributed by atoms with Crippen LogP contribution in [-0.2, 0) is 4.79 Å². The van der Waals surface area contributed by atoms with Crippen LogP contribution in [-0.4, -0.2) is 48.2 Å². The largest absolute Gasteiger partial charge is 0.480 e. The number of likely N-dealkylation sites (tertiary alicyclic amines) is 1. The molecule has 15 heavy (non-hydrogen) atoms. The number of piperidine rings is 1. The number of hydrogen-bond acceptors (Lipinski definition) is 3. The number of carboxylic acid groups (broad SMARTS) is 1. The Kier molecular flexibility index (Phi) is 4.54. The summed E-state index contributed by atoms with van der Waals surface area (Å²) in [6.07, 6.45) is 1.69. The average Bonchev–Trinajstić information content (AvgIpc) is 2.16. The fraction of sp³-hybridized carbons (Fsp3) is 0.909. The van der Waals surface area contributed by atoms with E-state index in [0.29, 0.717) is 18.4 Å². The van der Waals surface area contributed by atoms with E-state index in [1.165, 1.54) is 0 Å². The lowest BCUT2D eigenvalue weighted by Crippen LogP contribution is -2.52. The summed E-state index contributed by atoms with van der Waals surface area (Å²) in [6.45, 7) is 6.19. The molecule has 0 aromatic rings. The van der Waals surface area contributed by atoms with Crippen LogP contribution in [0.4, 0.5) is 0 Å². The molecule has 3 unspecified atom stereocenters. The van der Waals surface area contributed by atoms with Gasteiger partial charge in [0.05, 0.1) is 0 Å². The number of nitrogens with zero attached hydrogens (tertiary/aromatic N) is 1. The SMILES string of the molecule is CCC(NC1CCN(C)CC1C)C(=O)O. The number of rotatable bonds is 4. The summed E-state index contributed by atoms with van der Waals surface area (Å²) < 4.78 is 0. The van der Waals surface area contributed by atoms with Crippen molar-refractivity contribution in [2.75, 3.05) is 20.1 Å². The van der Waals surface area contributed by atoms with Gasteiger partial charge in [0.25, 0.3) is 0 Å². The van der Waals surface area contributed by atoms with Gasteiger partial charge in [-0.15, -0.1) is 0 Å². The van der Waals surface area contributed by atoms with Crippen LogP contribution in [0.15, 0.2) is 0 Å². The van der Waals surface area contributed by atoms with Gasteiger partial charge in [-0.25, -0.2) is 0 Å². The molecule has 1 rings (SSSR count). The number of carboxylic acids is 1. The van der Waals surface area contributed by atoms with Crippen molar-refractivity contribution in [2.24, 2.45) is 5.92 Å². The molecular weight excluding hydrogens is 192 g/mol. The van der Waals surface area contributed by atoms with Gasteiger partial charge in [-0.2, -0.15) is 0 Å². The van der Waals surface area contributed by atoms with Crippen molar-refractivity contribution in [3.8, 4) is 0 Å². The van der Waals surface area contributed by atoms with E-state index in [1.54, 1.807) is 0 Å². The van der Waals surface area contributed by atoms with E-state index in [9.17, 15) is 4.79 Å². The lowest BCUT2D eigenvalue weighted by atomic mass is 9.93. The molecule has 0 amide bonds. The summed E-state index contributed by atoms with van der Waals surface area (Å²) in [6, 6.07) is -0.0388. The third kappa shape index (κ3) is 3.47. The second kappa shape index (κ2) is 5.47. The second-order valence-electron chi connectivity index (χ2n) is 4.60. The number of hydrogen-bond donors (Lipinski definition) is 2. The summed E-state index contributed by atoms with van der Waals surface area (Å²) in [5.41, 5.74) is 0. The van der Waals surface area contributed by atoms with Crippen LogP contribution >= 0.6 is 0 Å². The summed E-state index contributed by atoms with van der Waals surface area (Å²) in [5.74, 6) is -0.208. The van der Waals surface area contributed by atoms with Gasteiger partial charge in [0.1, 0.15) is 6.04 Å². The van der Waals surface area contributed by atoms with Crippen LogP contribution in [0, 0.1) is 5.92 Å². The lowest BCUT2D eigenvalue weighted by Gasteiger charge is -2.36. The summed E-state index contributed by atoms with van der Waals surface area (Å²) in [5, 5.41) is 12.2. The zero-order valence-electron chi connectivity index (χ0n) is 9.86. The van der Waals surface area contributed by atoms with Crippen molar-refractivity contribution in [1.82, 2.24) is 10.2 Å². The highest BCUT2D eigenvalue weighted by Crippen LogP contribution is 2.16. The molecule has 0 spiro atoms. The summed E-state index contributed by atoms with van der Waals surface area (Å²) in [7, 11) is 2.11. The van der Waals surface area contributed by atoms with Gasteiger partial charge < -0.3 is 15.3 Å². The first kappa shape index (κ1) is 12.5. The zero-order chi connectivity index (χ0) is 11.4. The normalized spacial score (nSPS) is 30.1. The Morgan fingerprint density at radius 2 is 2.33 bits per heavy atom. The summed E-state index contributed by atoms with van der Waals surface area (Å²) >= 11 is 0. The smallest absolute Gasteiger partial charge is 0.320 e. The van der Waals surface area contributed by atoms with Crippen molar-refractivity contribution in [2.45, 2.75) is 38.8 Å². The second-order valence-corrected chi connectivity index (χ2v) is 4.60. The first-order valence-electron chi connectivity index (χ1n) is 5.72. The van der Waals surface area contributed by atoms with Gasteiger partial charge >= 0.3 is 5.97 Å². The Hall–Kier alpha value is -0.610. The molecule has 4 heteroatoms. The maximum Gasteiger partial charge on any atom is 0.320 e. The lowest BCUT2D eigenvalue weighted by molar-refractivity contribution is -0.140. The van der Waals surface area contributed by atoms with Gasteiger partial charge in [0, 0.05) is 12.6 Å². The Bertz CT molecular complexity index is 221. The highest BCUT2D eigenvalue weighted by Gasteiger charge is 2.27. The quantitative estimate of drug-likeness (QED) is 0.726. The molecule has 1 aliphatic heterocycles. The van der Waals surface area contributed by atoms with E-state index in [0.717, 1.165) is 19.5 Å². The molecular formula is C11H22N2O2. The van der Waals surface area contributed by atoms with Gasteiger partial charge in [0.2, 0.25) is 0 Å².